The molecule has 1 aromatic carbocycles. The summed E-state index contributed by atoms with van der Waals surface area (Å²) in [5, 5.41) is 6.38. The van der Waals surface area contributed by atoms with Crippen molar-refractivity contribution >= 4 is 23.1 Å². The van der Waals surface area contributed by atoms with Crippen LogP contribution < -0.4 is 5.43 Å². The second-order valence-electron chi connectivity index (χ2n) is 4.72. The summed E-state index contributed by atoms with van der Waals surface area (Å²) in [5.41, 5.74) is 2.66. The van der Waals surface area contributed by atoms with Gasteiger partial charge >= 0.3 is 0 Å². The molecule has 0 unspecified atom stereocenters. The van der Waals surface area contributed by atoms with Crippen molar-refractivity contribution in [3.63, 3.8) is 0 Å². The molecule has 102 valence electrons. The smallest absolute Gasteiger partial charge is 0.213 e. The molecule has 3 rings (SSSR count). The number of hydrogen-bond donors (Lipinski definition) is 3. The molecule has 20 heavy (non-hydrogen) atoms. The third-order valence-electron chi connectivity index (χ3n) is 3.38. The van der Waals surface area contributed by atoms with Crippen molar-refractivity contribution in [2.24, 2.45) is 0 Å². The predicted molar refractivity (Wildman–Crippen MR) is 80.5 cm³/mol. The van der Waals surface area contributed by atoms with Crippen molar-refractivity contribution in [2.45, 2.75) is 19.8 Å². The first-order valence-corrected chi connectivity index (χ1v) is 6.80. The average Bonchev–Trinajstić information content (AvgIpc) is 2.84. The highest BCUT2D eigenvalue weighted by Gasteiger charge is 2.09. The first-order chi connectivity index (χ1) is 9.65. The first-order valence-electron chi connectivity index (χ1n) is 6.39. The van der Waals surface area contributed by atoms with Crippen LogP contribution in [0.4, 0.5) is 0 Å². The number of para-hydroxylation sites is 1. The third-order valence-corrected chi connectivity index (χ3v) is 3.58. The van der Waals surface area contributed by atoms with E-state index < -0.39 is 0 Å². The molecule has 2 heterocycles. The molecule has 5 nitrogen and oxygen atoms in total. The van der Waals surface area contributed by atoms with Crippen LogP contribution >= 0.6 is 12.2 Å². The van der Waals surface area contributed by atoms with E-state index in [4.69, 9.17) is 12.2 Å². The van der Waals surface area contributed by atoms with Gasteiger partial charge in [0.2, 0.25) is 4.77 Å². The van der Waals surface area contributed by atoms with E-state index in [0.717, 1.165) is 28.0 Å². The molecule has 0 saturated heterocycles. The monoisotopic (exact) mass is 286 g/mol. The second kappa shape index (κ2) is 5.05. The Morgan fingerprint density at radius 3 is 2.75 bits per heavy atom. The number of hydrogen-bond acceptors (Lipinski definition) is 3. The van der Waals surface area contributed by atoms with Crippen LogP contribution in [0.1, 0.15) is 17.1 Å². The summed E-state index contributed by atoms with van der Waals surface area (Å²) in [7, 11) is 0. The Labute approximate surface area is 120 Å². The fraction of sp³-hybridized carbons (Fsp3) is 0.214. The normalized spacial score (nSPS) is 11.1. The summed E-state index contributed by atoms with van der Waals surface area (Å²) in [6, 6.07) is 7.56. The van der Waals surface area contributed by atoms with E-state index in [1.54, 1.807) is 0 Å². The fourth-order valence-corrected chi connectivity index (χ4v) is 2.53. The highest BCUT2D eigenvalue weighted by atomic mass is 32.1. The highest BCUT2D eigenvalue weighted by molar-refractivity contribution is 7.71. The van der Waals surface area contributed by atoms with Crippen LogP contribution in [0.15, 0.2) is 29.1 Å². The van der Waals surface area contributed by atoms with Crippen molar-refractivity contribution in [3.8, 4) is 0 Å². The van der Waals surface area contributed by atoms with E-state index in [-0.39, 0.29) is 5.43 Å². The molecule has 0 atom stereocenters. The fourth-order valence-electron chi connectivity index (χ4n) is 2.37. The Balaban J connectivity index is 1.99. The Hall–Kier alpha value is -2.21. The number of nitrogens with zero attached hydrogens (tertiary/aromatic N) is 1. The molecule has 0 fully saturated rings. The lowest BCUT2D eigenvalue weighted by Gasteiger charge is -2.07. The molecule has 0 aliphatic carbocycles. The molecule has 0 bridgehead atoms. The summed E-state index contributed by atoms with van der Waals surface area (Å²) in [4.78, 5) is 19.9. The number of H-pyrrole nitrogens is 3. The molecule has 0 saturated carbocycles. The predicted octanol–water partition coefficient (Wildman–Crippen LogP) is 2.40. The van der Waals surface area contributed by atoms with Gasteiger partial charge in [-0.15, -0.1) is 0 Å². The lowest BCUT2D eigenvalue weighted by molar-refractivity contribution is 0.851. The summed E-state index contributed by atoms with van der Waals surface area (Å²) in [6.45, 7) is 1.93. The zero-order valence-electron chi connectivity index (χ0n) is 11.0. The zero-order valence-corrected chi connectivity index (χ0v) is 11.8. The number of nitrogens with one attached hydrogen (secondary N) is 3. The van der Waals surface area contributed by atoms with Gasteiger partial charge in [0.25, 0.3) is 0 Å². The van der Waals surface area contributed by atoms with E-state index in [1.165, 1.54) is 0 Å². The molecule has 0 spiro atoms. The van der Waals surface area contributed by atoms with Gasteiger partial charge in [0.05, 0.1) is 0 Å². The molecular weight excluding hydrogens is 272 g/mol. The molecule has 0 aliphatic rings. The van der Waals surface area contributed by atoms with E-state index in [2.05, 4.69) is 20.2 Å². The largest absolute Gasteiger partial charge is 0.358 e. The lowest BCUT2D eigenvalue weighted by atomic mass is 10.0. The van der Waals surface area contributed by atoms with Crippen LogP contribution in [0, 0.1) is 11.7 Å². The lowest BCUT2D eigenvalue weighted by Crippen LogP contribution is -2.14. The van der Waals surface area contributed by atoms with Gasteiger partial charge in [-0.1, -0.05) is 12.1 Å². The van der Waals surface area contributed by atoms with Crippen molar-refractivity contribution in [1.29, 1.82) is 0 Å². The van der Waals surface area contributed by atoms with Crippen molar-refractivity contribution < 1.29 is 0 Å². The van der Waals surface area contributed by atoms with Crippen LogP contribution in [0.5, 0.6) is 0 Å². The molecule has 3 aromatic rings. The Kier molecular flexibility index (Phi) is 3.23. The molecule has 2 aromatic heterocycles. The number of pyridine rings is 1. The molecule has 0 amide bonds. The van der Waals surface area contributed by atoms with E-state index >= 15 is 0 Å². The van der Waals surface area contributed by atoms with Crippen LogP contribution in [-0.4, -0.2) is 20.2 Å². The van der Waals surface area contributed by atoms with Gasteiger partial charge < -0.3 is 4.98 Å². The number of fused-ring (bicyclic) bond motifs is 1. The molecule has 0 radical (unpaired) electrons. The molecular formula is C14H14N4OS. The standard InChI is InChI=1S/C14H14N4OS/c1-8-9(6-7-12-16-14(20)18-17-12)13(19)10-4-2-3-5-11(10)15-8/h2-5H,6-7H2,1H3,(H,15,19)(H2,16,17,18,20). The van der Waals surface area contributed by atoms with Gasteiger partial charge in [0.1, 0.15) is 5.82 Å². The molecule has 3 N–H and O–H groups in total. The summed E-state index contributed by atoms with van der Waals surface area (Å²) >= 11 is 4.91. The van der Waals surface area contributed by atoms with Crippen LogP contribution in [0.3, 0.4) is 0 Å². The van der Waals surface area contributed by atoms with Crippen molar-refractivity contribution in [2.75, 3.05) is 0 Å². The minimum absolute atomic E-state index is 0.0889. The topological polar surface area (TPSA) is 77.3 Å². The van der Waals surface area contributed by atoms with Crippen LogP contribution in [0.25, 0.3) is 10.9 Å². The number of aromatic nitrogens is 4. The molecule has 6 heteroatoms. The SMILES string of the molecule is Cc1[nH]c2ccccc2c(=O)c1CCc1nc(=S)[nH][nH]1. The number of aryl methyl sites for hydroxylation is 2. The van der Waals surface area contributed by atoms with Gasteiger partial charge in [-0.25, -0.2) is 4.98 Å². The van der Waals surface area contributed by atoms with E-state index in [1.807, 2.05) is 31.2 Å². The van der Waals surface area contributed by atoms with Gasteiger partial charge in [-0.3, -0.25) is 15.0 Å². The minimum atomic E-state index is 0.0889. The Morgan fingerprint density at radius 1 is 1.20 bits per heavy atom. The Morgan fingerprint density at radius 2 is 2.00 bits per heavy atom. The third kappa shape index (κ3) is 2.30. The number of benzene rings is 1. The first kappa shape index (κ1) is 12.8. The summed E-state index contributed by atoms with van der Waals surface area (Å²) in [5.74, 6) is 0.766. The molecule has 0 aliphatic heterocycles. The van der Waals surface area contributed by atoms with Gasteiger partial charge in [0.15, 0.2) is 5.43 Å². The van der Waals surface area contributed by atoms with Crippen LogP contribution in [-0.2, 0) is 12.8 Å². The quantitative estimate of drug-likeness (QED) is 0.647. The summed E-state index contributed by atoms with van der Waals surface area (Å²) in [6.07, 6.45) is 1.28. The highest BCUT2D eigenvalue weighted by Crippen LogP contribution is 2.12. The van der Waals surface area contributed by atoms with Crippen molar-refractivity contribution in [3.05, 3.63) is 56.3 Å². The van der Waals surface area contributed by atoms with E-state index in [9.17, 15) is 4.79 Å². The summed E-state index contributed by atoms with van der Waals surface area (Å²) < 4.78 is 0.434. The van der Waals surface area contributed by atoms with Gasteiger partial charge in [-0.2, -0.15) is 0 Å². The average molecular weight is 286 g/mol. The zero-order chi connectivity index (χ0) is 14.1. The minimum Gasteiger partial charge on any atom is -0.358 e. The van der Waals surface area contributed by atoms with Gasteiger partial charge in [0, 0.05) is 28.6 Å². The number of rotatable bonds is 3. The van der Waals surface area contributed by atoms with Crippen molar-refractivity contribution in [1.82, 2.24) is 20.2 Å². The maximum Gasteiger partial charge on any atom is 0.213 e. The maximum absolute atomic E-state index is 12.5. The maximum atomic E-state index is 12.5. The second-order valence-corrected chi connectivity index (χ2v) is 5.10. The van der Waals surface area contributed by atoms with Crippen LogP contribution in [0.2, 0.25) is 0 Å². The number of aromatic amines is 3. The van der Waals surface area contributed by atoms with Gasteiger partial charge in [-0.05, 0) is 37.7 Å². The van der Waals surface area contributed by atoms with E-state index in [0.29, 0.717) is 17.6 Å². The Bertz CT molecular complexity index is 875.